The lowest BCUT2D eigenvalue weighted by atomic mass is 10.0. The first-order valence-electron chi connectivity index (χ1n) is 39.0. The molecule has 0 bridgehead atoms. The van der Waals surface area contributed by atoms with Crippen molar-refractivity contribution in [2.24, 2.45) is 11.8 Å². The molecule has 0 saturated heterocycles. The number of unbranched alkanes of at least 4 members (excludes halogenated alkanes) is 44. The second-order valence-corrected chi connectivity index (χ2v) is 30.9. The van der Waals surface area contributed by atoms with Crippen molar-refractivity contribution in [2.45, 2.75) is 407 Å². The third-order valence-electron chi connectivity index (χ3n) is 17.5. The number of phosphoric acid groups is 2. The zero-order valence-electron chi connectivity index (χ0n) is 61.3. The molecule has 0 aliphatic rings. The first kappa shape index (κ1) is 92.1. The summed E-state index contributed by atoms with van der Waals surface area (Å²) in [6.07, 6.45) is 54.1. The normalized spacial score (nSPS) is 14.0. The highest BCUT2D eigenvalue weighted by Gasteiger charge is 2.30. The van der Waals surface area contributed by atoms with Gasteiger partial charge >= 0.3 is 39.5 Å². The summed E-state index contributed by atoms with van der Waals surface area (Å²) in [5.74, 6) is -0.628. The third kappa shape index (κ3) is 68.6. The first-order valence-corrected chi connectivity index (χ1v) is 42.0. The number of rotatable bonds is 74. The molecule has 19 heteroatoms. The quantitative estimate of drug-likeness (QED) is 0.0222. The highest BCUT2D eigenvalue weighted by molar-refractivity contribution is 7.47. The summed E-state index contributed by atoms with van der Waals surface area (Å²) in [5, 5.41) is 10.6. The van der Waals surface area contributed by atoms with Gasteiger partial charge in [-0.25, -0.2) is 9.13 Å². The monoisotopic (exact) mass is 1380 g/mol. The minimum atomic E-state index is -4.96. The van der Waals surface area contributed by atoms with Crippen molar-refractivity contribution < 1.29 is 80.2 Å². The summed E-state index contributed by atoms with van der Waals surface area (Å²) in [6, 6.07) is 0. The van der Waals surface area contributed by atoms with E-state index in [-0.39, 0.29) is 25.7 Å². The maximum absolute atomic E-state index is 13.1. The number of phosphoric ester groups is 2. The van der Waals surface area contributed by atoms with Crippen LogP contribution in [0.2, 0.25) is 0 Å². The molecule has 0 aromatic heterocycles. The lowest BCUT2D eigenvalue weighted by molar-refractivity contribution is -0.161. The molecule has 0 fully saturated rings. The number of aliphatic hydroxyl groups is 1. The molecule has 0 heterocycles. The maximum atomic E-state index is 13.1. The van der Waals surface area contributed by atoms with E-state index < -0.39 is 97.5 Å². The van der Waals surface area contributed by atoms with Crippen molar-refractivity contribution in [3.63, 3.8) is 0 Å². The molecule has 17 nitrogen and oxygen atoms in total. The summed E-state index contributed by atoms with van der Waals surface area (Å²) < 4.78 is 68.5. The van der Waals surface area contributed by atoms with Gasteiger partial charge < -0.3 is 33.8 Å². The SMILES string of the molecule is CCCCCCCCCCCCCCCCCCCCC(=O)O[C@H](COC(=O)CCCCCCCCCCCCCC(C)C)COP(=O)(O)OC[C@@H](O)COP(=O)(O)OC[C@@H](COC(=O)CCCCCCCCCCCCC)OC(=O)CCCCCCCCCCC(C)C. The molecule has 5 atom stereocenters. The topological polar surface area (TPSA) is 237 Å². The molecule has 0 aliphatic heterocycles. The van der Waals surface area contributed by atoms with Gasteiger partial charge in [-0.2, -0.15) is 0 Å². The van der Waals surface area contributed by atoms with E-state index in [2.05, 4.69) is 41.5 Å². The van der Waals surface area contributed by atoms with E-state index in [1.165, 1.54) is 205 Å². The fourth-order valence-electron chi connectivity index (χ4n) is 11.5. The Balaban J connectivity index is 5.24. The van der Waals surface area contributed by atoms with Gasteiger partial charge in [0, 0.05) is 25.7 Å². The van der Waals surface area contributed by atoms with Crippen LogP contribution in [-0.2, 0) is 65.4 Å². The van der Waals surface area contributed by atoms with Gasteiger partial charge in [0.15, 0.2) is 12.2 Å². The Bertz CT molecular complexity index is 1820. The van der Waals surface area contributed by atoms with Gasteiger partial charge in [-0.15, -0.1) is 0 Å². The fraction of sp³-hybridized carbons (Fsp3) is 0.947. The number of ether oxygens (including phenoxy) is 4. The maximum Gasteiger partial charge on any atom is 0.472 e. The highest BCUT2D eigenvalue weighted by atomic mass is 31.2. The molecule has 0 amide bonds. The smallest absolute Gasteiger partial charge is 0.462 e. The summed E-state index contributed by atoms with van der Waals surface area (Å²) in [5.41, 5.74) is 0. The van der Waals surface area contributed by atoms with Crippen LogP contribution in [0, 0.1) is 11.8 Å². The van der Waals surface area contributed by atoms with Crippen molar-refractivity contribution in [3.8, 4) is 0 Å². The molecule has 0 spiro atoms. The Hall–Kier alpha value is -1.94. The minimum absolute atomic E-state index is 0.105. The van der Waals surface area contributed by atoms with E-state index in [9.17, 15) is 43.2 Å². The van der Waals surface area contributed by atoms with Gasteiger partial charge in [0.25, 0.3) is 0 Å². The molecule has 3 N–H and O–H groups in total. The van der Waals surface area contributed by atoms with E-state index >= 15 is 0 Å². The lowest BCUT2D eigenvalue weighted by Crippen LogP contribution is -2.30. The van der Waals surface area contributed by atoms with Crippen LogP contribution >= 0.6 is 15.6 Å². The zero-order valence-corrected chi connectivity index (χ0v) is 63.1. The largest absolute Gasteiger partial charge is 0.472 e. The number of esters is 4. The van der Waals surface area contributed by atoms with Crippen LogP contribution in [0.3, 0.4) is 0 Å². The summed E-state index contributed by atoms with van der Waals surface area (Å²) >= 11 is 0. The van der Waals surface area contributed by atoms with E-state index in [1.807, 2.05) is 0 Å². The number of hydrogen-bond donors (Lipinski definition) is 3. The summed E-state index contributed by atoms with van der Waals surface area (Å²) in [7, 11) is -9.91. The van der Waals surface area contributed by atoms with E-state index in [4.69, 9.17) is 37.0 Å². The summed E-state index contributed by atoms with van der Waals surface area (Å²) in [6.45, 7) is 9.55. The second kappa shape index (κ2) is 66.9. The van der Waals surface area contributed by atoms with Gasteiger partial charge in [-0.1, -0.05) is 337 Å². The fourth-order valence-corrected chi connectivity index (χ4v) is 13.1. The Morgan fingerprint density at radius 3 is 0.723 bits per heavy atom. The molecule has 0 aromatic rings. The second-order valence-electron chi connectivity index (χ2n) is 28.0. The van der Waals surface area contributed by atoms with Gasteiger partial charge in [0.05, 0.1) is 26.4 Å². The predicted octanol–water partition coefficient (Wildman–Crippen LogP) is 21.9. The van der Waals surface area contributed by atoms with Gasteiger partial charge in [-0.3, -0.25) is 37.3 Å². The van der Waals surface area contributed by atoms with Crippen LogP contribution in [0.1, 0.15) is 388 Å². The standard InChI is InChI=1S/C75H146O17P2/c1-7-9-11-13-15-17-19-20-21-22-23-24-25-29-34-41-47-53-59-74(79)91-70(63-86-73(78)58-52-46-40-33-30-26-28-31-37-43-49-55-67(3)4)65-89-93(81,82)87-61-69(76)62-88-94(83,84)90-66-71(92-75(80)60-54-48-42-36-35-38-44-50-56-68(5)6)64-85-72(77)57-51-45-39-32-27-18-16-14-12-10-8-2/h67-71,76H,7-66H2,1-6H3,(H,81,82)(H,83,84)/t69-,70-,71-/m1/s1. The predicted molar refractivity (Wildman–Crippen MR) is 381 cm³/mol. The number of hydrogen-bond acceptors (Lipinski definition) is 15. The third-order valence-corrected chi connectivity index (χ3v) is 19.4. The molecular weight excluding hydrogens is 1230 g/mol. The van der Waals surface area contributed by atoms with Crippen LogP contribution in [0.25, 0.3) is 0 Å². The van der Waals surface area contributed by atoms with Crippen LogP contribution < -0.4 is 0 Å². The molecule has 0 aromatic carbocycles. The van der Waals surface area contributed by atoms with Crippen molar-refractivity contribution in [1.29, 1.82) is 0 Å². The molecule has 0 radical (unpaired) electrons. The van der Waals surface area contributed by atoms with Crippen molar-refractivity contribution in [3.05, 3.63) is 0 Å². The minimum Gasteiger partial charge on any atom is -0.462 e. The Morgan fingerprint density at radius 1 is 0.287 bits per heavy atom. The van der Waals surface area contributed by atoms with Crippen LogP contribution in [0.5, 0.6) is 0 Å². The Kier molecular flexibility index (Phi) is 65.5. The van der Waals surface area contributed by atoms with Gasteiger partial charge in [0.1, 0.15) is 19.3 Å². The summed E-state index contributed by atoms with van der Waals surface area (Å²) in [4.78, 5) is 72.7. The average molecular weight is 1380 g/mol. The Morgan fingerprint density at radius 2 is 0.489 bits per heavy atom. The number of aliphatic hydroxyl groups excluding tert-OH is 1. The molecule has 0 aliphatic carbocycles. The first-order chi connectivity index (χ1) is 45.4. The van der Waals surface area contributed by atoms with Crippen LogP contribution in [0.15, 0.2) is 0 Å². The average Bonchev–Trinajstić information content (AvgIpc) is 1.62. The van der Waals surface area contributed by atoms with Crippen LogP contribution in [-0.4, -0.2) is 96.7 Å². The lowest BCUT2D eigenvalue weighted by Gasteiger charge is -2.21. The zero-order chi connectivity index (χ0) is 69.3. The molecule has 0 saturated carbocycles. The van der Waals surface area contributed by atoms with Crippen molar-refractivity contribution >= 4 is 39.5 Å². The molecule has 0 rings (SSSR count). The molecule has 2 unspecified atom stereocenters. The van der Waals surface area contributed by atoms with E-state index in [1.54, 1.807) is 0 Å². The molecule has 558 valence electrons. The van der Waals surface area contributed by atoms with E-state index in [0.717, 1.165) is 102 Å². The number of carbonyl (C=O) groups excluding carboxylic acids is 4. The van der Waals surface area contributed by atoms with Gasteiger partial charge in [-0.05, 0) is 37.5 Å². The molecule has 94 heavy (non-hydrogen) atoms. The molecular formula is C75H146O17P2. The number of carbonyl (C=O) groups is 4. The Labute approximate surface area is 575 Å². The van der Waals surface area contributed by atoms with E-state index in [0.29, 0.717) is 25.7 Å². The van der Waals surface area contributed by atoms with Crippen molar-refractivity contribution in [1.82, 2.24) is 0 Å². The highest BCUT2D eigenvalue weighted by Crippen LogP contribution is 2.45. The van der Waals surface area contributed by atoms with Crippen LogP contribution in [0.4, 0.5) is 0 Å². The van der Waals surface area contributed by atoms with Gasteiger partial charge in [0.2, 0.25) is 0 Å². The van der Waals surface area contributed by atoms with Crippen molar-refractivity contribution in [2.75, 3.05) is 39.6 Å².